The summed E-state index contributed by atoms with van der Waals surface area (Å²) in [5.74, 6) is -0.519. The summed E-state index contributed by atoms with van der Waals surface area (Å²) in [5, 5.41) is 15.8. The molecule has 12 heavy (non-hydrogen) atoms. The van der Waals surface area contributed by atoms with Gasteiger partial charge in [-0.1, -0.05) is 0 Å². The summed E-state index contributed by atoms with van der Waals surface area (Å²) in [4.78, 5) is 19.5. The van der Waals surface area contributed by atoms with Gasteiger partial charge in [-0.05, 0) is 18.9 Å². The van der Waals surface area contributed by atoms with Gasteiger partial charge in [-0.3, -0.25) is 4.79 Å². The molecule has 0 spiro atoms. The van der Waals surface area contributed by atoms with Crippen molar-refractivity contribution >= 4 is 29.9 Å². The molecule has 2 N–H and O–H groups in total. The Morgan fingerprint density at radius 2 is 2.33 bits per heavy atom. The van der Waals surface area contributed by atoms with Gasteiger partial charge in [0, 0.05) is 0 Å². The first-order valence-corrected chi connectivity index (χ1v) is 4.07. The number of aliphatic hydroxyl groups excluding tert-OH is 1. The first-order valence-electron chi connectivity index (χ1n) is 3.13. The van der Waals surface area contributed by atoms with Crippen LogP contribution in [0, 0.1) is 0 Å². The molecule has 0 saturated carbocycles. The molecule has 1 heterocycles. The van der Waals surface area contributed by atoms with E-state index in [1.165, 1.54) is 25.1 Å². The van der Waals surface area contributed by atoms with Gasteiger partial charge in [0.1, 0.15) is 6.10 Å². The molecule has 6 heteroatoms. The fourth-order valence-electron chi connectivity index (χ4n) is 0.234. The predicted molar refractivity (Wildman–Crippen MR) is 45.3 cm³/mol. The maximum absolute atomic E-state index is 10.1. The first-order chi connectivity index (χ1) is 5.54. The molecule has 0 radical (unpaired) electrons. The van der Waals surface area contributed by atoms with Gasteiger partial charge >= 0.3 is 5.97 Å². The average molecular weight is 191 g/mol. The molecule has 1 atom stereocenters. The second-order valence-corrected chi connectivity index (χ2v) is 2.75. The number of Topliss-reactive ketones (excluding diaryl/α,β-unsaturated/α-hetero) is 1. The first kappa shape index (κ1) is 11.1. The van der Waals surface area contributed by atoms with Crippen molar-refractivity contribution in [3.63, 3.8) is 0 Å². The monoisotopic (exact) mass is 191 g/mol. The molecule has 1 aliphatic heterocycles. The van der Waals surface area contributed by atoms with E-state index in [0.717, 1.165) is 0 Å². The number of carboxylic acids is 1. The molecule has 1 rings (SSSR count). The highest BCUT2D eigenvalue weighted by Gasteiger charge is 2.01. The highest BCUT2D eigenvalue weighted by Crippen LogP contribution is 2.05. The third kappa shape index (κ3) is 5.87. The van der Waals surface area contributed by atoms with Gasteiger partial charge in [0.15, 0.2) is 5.78 Å². The van der Waals surface area contributed by atoms with Crippen molar-refractivity contribution in [3.05, 3.63) is 0 Å². The van der Waals surface area contributed by atoms with Crippen LogP contribution in [0.25, 0.3) is 0 Å². The largest absolute Gasteiger partial charge is 0.479 e. The summed E-state index contributed by atoms with van der Waals surface area (Å²) in [5.41, 5.74) is 0. The second kappa shape index (κ2) is 5.73. The van der Waals surface area contributed by atoms with Gasteiger partial charge < -0.3 is 10.2 Å². The number of nitrogens with zero attached hydrogens (tertiary/aromatic N) is 1. The van der Waals surface area contributed by atoms with Crippen LogP contribution < -0.4 is 0 Å². The van der Waals surface area contributed by atoms with Gasteiger partial charge in [-0.2, -0.15) is 0 Å². The van der Waals surface area contributed by atoms with Crippen molar-refractivity contribution in [2.45, 2.75) is 13.0 Å². The minimum atomic E-state index is -1.23. The molecule has 0 fully saturated rings. The van der Waals surface area contributed by atoms with Gasteiger partial charge in [-0.25, -0.2) is 9.19 Å². The number of carbonyl (C=O) groups excluding carboxylic acids is 1. The van der Waals surface area contributed by atoms with E-state index < -0.39 is 12.1 Å². The maximum atomic E-state index is 10.1. The number of rotatable bonds is 1. The van der Waals surface area contributed by atoms with Gasteiger partial charge in [0.25, 0.3) is 0 Å². The minimum absolute atomic E-state index is 0.125. The minimum Gasteiger partial charge on any atom is -0.479 e. The fraction of sp³-hybridized carbons (Fsp3) is 0.500. The van der Waals surface area contributed by atoms with E-state index in [1.807, 2.05) is 0 Å². The third-order valence-corrected chi connectivity index (χ3v) is 1.50. The highest BCUT2D eigenvalue weighted by atomic mass is 32.2. The van der Waals surface area contributed by atoms with Crippen LogP contribution in [0.1, 0.15) is 6.92 Å². The molecule has 0 aromatic carbocycles. The van der Waals surface area contributed by atoms with Crippen molar-refractivity contribution in [1.82, 2.24) is 0 Å². The van der Waals surface area contributed by atoms with E-state index in [0.29, 0.717) is 5.75 Å². The van der Waals surface area contributed by atoms with Crippen molar-refractivity contribution in [2.24, 2.45) is 4.40 Å². The van der Waals surface area contributed by atoms with Crippen LogP contribution in [0.2, 0.25) is 0 Å². The lowest BCUT2D eigenvalue weighted by Crippen LogP contribution is -2.13. The number of aliphatic carboxylic acids is 1. The molecular weight excluding hydrogens is 182 g/mol. The van der Waals surface area contributed by atoms with E-state index in [1.54, 1.807) is 0 Å². The average Bonchev–Trinajstić information content (AvgIpc) is 2.40. The molecule has 0 bridgehead atoms. The molecule has 68 valence electrons. The van der Waals surface area contributed by atoms with Crippen molar-refractivity contribution in [1.29, 1.82) is 0 Å². The number of carboxylic acid groups (broad SMARTS) is 1. The summed E-state index contributed by atoms with van der Waals surface area (Å²) < 4.78 is 3.61. The van der Waals surface area contributed by atoms with Crippen LogP contribution in [-0.2, 0) is 9.59 Å². The Hall–Kier alpha value is -0.880. The Labute approximate surface area is 73.6 Å². The van der Waals surface area contributed by atoms with Crippen molar-refractivity contribution < 1.29 is 19.8 Å². The van der Waals surface area contributed by atoms with E-state index in [-0.39, 0.29) is 5.78 Å². The molecule has 0 aliphatic carbocycles. The van der Waals surface area contributed by atoms with Crippen LogP contribution in [0.3, 0.4) is 0 Å². The molecular formula is C6H9NO4S. The van der Waals surface area contributed by atoms with Gasteiger partial charge in [0.05, 0.1) is 12.0 Å². The number of hydrogen-bond donors (Lipinski definition) is 2. The molecule has 0 saturated heterocycles. The second-order valence-electron chi connectivity index (χ2n) is 1.99. The Morgan fingerprint density at radius 3 is 2.42 bits per heavy atom. The van der Waals surface area contributed by atoms with E-state index >= 15 is 0 Å². The SMILES string of the molecule is CC(O)C(=O)O.O=C1C=NSC1. The molecule has 0 amide bonds. The van der Waals surface area contributed by atoms with Gasteiger partial charge in [-0.15, -0.1) is 0 Å². The summed E-state index contributed by atoms with van der Waals surface area (Å²) >= 11 is 1.30. The van der Waals surface area contributed by atoms with Crippen LogP contribution in [0.5, 0.6) is 0 Å². The topological polar surface area (TPSA) is 87.0 Å². The predicted octanol–water partition coefficient (Wildman–Crippen LogP) is -0.260. The highest BCUT2D eigenvalue weighted by molar-refractivity contribution is 7.99. The van der Waals surface area contributed by atoms with Crippen LogP contribution >= 0.6 is 11.9 Å². The van der Waals surface area contributed by atoms with Crippen LogP contribution in [-0.4, -0.2) is 40.0 Å². The van der Waals surface area contributed by atoms with Crippen molar-refractivity contribution in [2.75, 3.05) is 5.75 Å². The lowest BCUT2D eigenvalue weighted by atomic mass is 10.4. The smallest absolute Gasteiger partial charge is 0.332 e. The molecule has 0 aromatic rings. The number of aliphatic hydroxyl groups is 1. The summed E-state index contributed by atoms with van der Waals surface area (Å²) in [6.07, 6.45) is 0.120. The lowest BCUT2D eigenvalue weighted by Gasteiger charge is -1.89. The zero-order valence-corrected chi connectivity index (χ0v) is 7.24. The zero-order valence-electron chi connectivity index (χ0n) is 6.43. The van der Waals surface area contributed by atoms with E-state index in [4.69, 9.17) is 10.2 Å². The fourth-order valence-corrected chi connectivity index (χ4v) is 0.703. The maximum Gasteiger partial charge on any atom is 0.332 e. The van der Waals surface area contributed by atoms with Crippen molar-refractivity contribution in [3.8, 4) is 0 Å². The number of hydrogen-bond acceptors (Lipinski definition) is 5. The Bertz CT molecular complexity index is 202. The quantitative estimate of drug-likeness (QED) is 0.557. The zero-order chi connectivity index (χ0) is 9.56. The summed E-state index contributed by atoms with van der Waals surface area (Å²) in [7, 11) is 0. The van der Waals surface area contributed by atoms with Crippen LogP contribution in [0.15, 0.2) is 4.40 Å². The number of carbonyl (C=O) groups is 2. The Morgan fingerprint density at radius 1 is 1.83 bits per heavy atom. The summed E-state index contributed by atoms with van der Waals surface area (Å²) in [6, 6.07) is 0. The van der Waals surface area contributed by atoms with E-state index in [2.05, 4.69) is 4.40 Å². The molecule has 0 aromatic heterocycles. The van der Waals surface area contributed by atoms with E-state index in [9.17, 15) is 9.59 Å². The lowest BCUT2D eigenvalue weighted by molar-refractivity contribution is -0.145. The third-order valence-electron chi connectivity index (χ3n) is 0.835. The normalized spacial score (nSPS) is 16.7. The molecule has 1 aliphatic rings. The molecule has 1 unspecified atom stereocenters. The van der Waals surface area contributed by atoms with Crippen LogP contribution in [0.4, 0.5) is 0 Å². The number of ketones is 1. The summed E-state index contributed by atoms with van der Waals surface area (Å²) in [6.45, 7) is 1.20. The molecule has 5 nitrogen and oxygen atoms in total. The van der Waals surface area contributed by atoms with Gasteiger partial charge in [0.2, 0.25) is 0 Å². The Kier molecular flexibility index (Phi) is 5.31. The standard InChI is InChI=1S/C3H3NOS.C3H6O3/c5-3-1-4-6-2-3;1-2(4)3(5)6/h1H,2H2;2,4H,1H3,(H,5,6). The Balaban J connectivity index is 0.000000202.